The van der Waals surface area contributed by atoms with Crippen molar-refractivity contribution in [1.82, 2.24) is 5.01 Å². The standard InChI is InChI=1S/C9H11N3O2.Li/c1-12(2)11-10-8-5-3-7(4-6-8)9(13)14;/h3-6H,1-2H3,(H,13,14);/q;+1/p-1. The number of nitrogens with zero attached hydrogens (tertiary/aromatic N) is 3. The zero-order valence-corrected chi connectivity index (χ0v) is 8.97. The molecule has 0 aliphatic carbocycles. The Kier molecular flexibility index (Phi) is 5.68. The SMILES string of the molecule is CN(C)N=Nc1ccc(C(=O)[O-])cc1.[Li+]. The van der Waals surface area contributed by atoms with Crippen LogP contribution in [0.1, 0.15) is 10.4 Å². The van der Waals surface area contributed by atoms with Gasteiger partial charge in [-0.1, -0.05) is 17.4 Å². The molecule has 0 saturated carbocycles. The Morgan fingerprint density at radius 3 is 2.20 bits per heavy atom. The second-order valence-electron chi connectivity index (χ2n) is 2.87. The third kappa shape index (κ3) is 4.63. The molecule has 0 aliphatic heterocycles. The summed E-state index contributed by atoms with van der Waals surface area (Å²) in [6, 6.07) is 6.00. The van der Waals surface area contributed by atoms with Gasteiger partial charge in [0.05, 0.1) is 11.7 Å². The molecule has 1 rings (SSSR count). The van der Waals surface area contributed by atoms with Crippen molar-refractivity contribution in [3.8, 4) is 0 Å². The van der Waals surface area contributed by atoms with E-state index in [1.54, 1.807) is 31.2 Å². The Morgan fingerprint density at radius 2 is 1.80 bits per heavy atom. The molecular formula is C9H10LiN3O2. The molecule has 0 spiro atoms. The Bertz CT molecular complexity index is 349. The molecule has 6 heteroatoms. The van der Waals surface area contributed by atoms with Crippen LogP contribution in [0.4, 0.5) is 5.69 Å². The average Bonchev–Trinajstić information content (AvgIpc) is 2.15. The summed E-state index contributed by atoms with van der Waals surface area (Å²) in [7, 11) is 3.50. The van der Waals surface area contributed by atoms with E-state index in [1.165, 1.54) is 12.1 Å². The van der Waals surface area contributed by atoms with Gasteiger partial charge in [-0.25, -0.2) is 0 Å². The van der Waals surface area contributed by atoms with E-state index < -0.39 is 5.97 Å². The van der Waals surface area contributed by atoms with Crippen molar-refractivity contribution in [2.24, 2.45) is 10.3 Å². The summed E-state index contributed by atoms with van der Waals surface area (Å²) in [6.07, 6.45) is 0. The monoisotopic (exact) mass is 199 g/mol. The molecule has 0 aliphatic rings. The normalized spacial score (nSPS) is 9.73. The maximum Gasteiger partial charge on any atom is 1.00 e. The van der Waals surface area contributed by atoms with Crippen molar-refractivity contribution < 1.29 is 28.8 Å². The predicted octanol–water partition coefficient (Wildman–Crippen LogP) is -2.39. The van der Waals surface area contributed by atoms with Gasteiger partial charge in [0.1, 0.15) is 0 Å². The summed E-state index contributed by atoms with van der Waals surface area (Å²) in [5.41, 5.74) is 0.734. The van der Waals surface area contributed by atoms with Gasteiger partial charge in [0.2, 0.25) is 0 Å². The third-order valence-corrected chi connectivity index (χ3v) is 1.44. The van der Waals surface area contributed by atoms with Gasteiger partial charge < -0.3 is 9.90 Å². The van der Waals surface area contributed by atoms with Crippen molar-refractivity contribution >= 4 is 11.7 Å². The molecule has 0 fully saturated rings. The molecule has 1 aromatic rings. The smallest absolute Gasteiger partial charge is 0.545 e. The van der Waals surface area contributed by atoms with Crippen LogP contribution in [0.2, 0.25) is 0 Å². The molecule has 0 amide bonds. The Balaban J connectivity index is 0.00000196. The summed E-state index contributed by atoms with van der Waals surface area (Å²) in [5.74, 6) is -1.19. The molecule has 0 aromatic heterocycles. The van der Waals surface area contributed by atoms with Gasteiger partial charge >= 0.3 is 18.9 Å². The topological polar surface area (TPSA) is 68.1 Å². The van der Waals surface area contributed by atoms with Gasteiger partial charge in [-0.2, -0.15) is 0 Å². The van der Waals surface area contributed by atoms with E-state index in [4.69, 9.17) is 0 Å². The number of benzene rings is 1. The summed E-state index contributed by atoms with van der Waals surface area (Å²) in [4.78, 5) is 10.4. The van der Waals surface area contributed by atoms with Crippen molar-refractivity contribution in [2.75, 3.05) is 14.1 Å². The molecule has 0 atom stereocenters. The van der Waals surface area contributed by atoms with Gasteiger partial charge in [-0.15, -0.1) is 5.11 Å². The molecule has 0 radical (unpaired) electrons. The van der Waals surface area contributed by atoms with Gasteiger partial charge in [-0.05, 0) is 17.7 Å². The summed E-state index contributed by atoms with van der Waals surface area (Å²) >= 11 is 0. The van der Waals surface area contributed by atoms with Crippen molar-refractivity contribution in [3.63, 3.8) is 0 Å². The fraction of sp³-hybridized carbons (Fsp3) is 0.222. The zero-order chi connectivity index (χ0) is 10.6. The minimum Gasteiger partial charge on any atom is -0.545 e. The second-order valence-corrected chi connectivity index (χ2v) is 2.87. The maximum atomic E-state index is 10.4. The van der Waals surface area contributed by atoms with E-state index in [0.717, 1.165) is 0 Å². The zero-order valence-electron chi connectivity index (χ0n) is 8.97. The first-order valence-electron chi connectivity index (χ1n) is 4.00. The van der Waals surface area contributed by atoms with Crippen molar-refractivity contribution in [1.29, 1.82) is 0 Å². The first-order valence-corrected chi connectivity index (χ1v) is 4.00. The Morgan fingerprint density at radius 1 is 1.27 bits per heavy atom. The summed E-state index contributed by atoms with van der Waals surface area (Å²) in [6.45, 7) is 0. The molecular weight excluding hydrogens is 189 g/mol. The van der Waals surface area contributed by atoms with Crippen LogP contribution in [0, 0.1) is 0 Å². The average molecular weight is 199 g/mol. The minimum atomic E-state index is -1.19. The van der Waals surface area contributed by atoms with Crippen LogP contribution >= 0.6 is 0 Å². The molecule has 0 N–H and O–H groups in total. The van der Waals surface area contributed by atoms with Crippen LogP contribution in [0.15, 0.2) is 34.6 Å². The number of carboxylic acids is 1. The molecule has 0 unspecified atom stereocenters. The molecule has 15 heavy (non-hydrogen) atoms. The number of carboxylic acid groups (broad SMARTS) is 1. The molecule has 74 valence electrons. The van der Waals surface area contributed by atoms with Crippen LogP contribution in [-0.4, -0.2) is 25.1 Å². The van der Waals surface area contributed by atoms with Crippen LogP contribution < -0.4 is 24.0 Å². The van der Waals surface area contributed by atoms with Gasteiger partial charge in [-0.3, -0.25) is 5.01 Å². The quantitative estimate of drug-likeness (QED) is 0.310. The number of carbonyl (C=O) groups is 1. The van der Waals surface area contributed by atoms with E-state index in [2.05, 4.69) is 10.3 Å². The second kappa shape index (κ2) is 6.22. The first kappa shape index (κ1) is 13.7. The molecule has 5 nitrogen and oxygen atoms in total. The molecule has 1 aromatic carbocycles. The maximum absolute atomic E-state index is 10.4. The third-order valence-electron chi connectivity index (χ3n) is 1.44. The van der Waals surface area contributed by atoms with Crippen LogP contribution in [-0.2, 0) is 0 Å². The van der Waals surface area contributed by atoms with E-state index in [1.807, 2.05) is 0 Å². The van der Waals surface area contributed by atoms with Crippen molar-refractivity contribution in [3.05, 3.63) is 29.8 Å². The van der Waals surface area contributed by atoms with Crippen LogP contribution in [0.3, 0.4) is 0 Å². The minimum absolute atomic E-state index is 0. The number of hydrogen-bond donors (Lipinski definition) is 0. The molecule has 0 heterocycles. The largest absolute Gasteiger partial charge is 1.00 e. The van der Waals surface area contributed by atoms with Gasteiger partial charge in [0, 0.05) is 14.1 Å². The van der Waals surface area contributed by atoms with E-state index >= 15 is 0 Å². The number of hydrogen-bond acceptors (Lipinski definition) is 4. The van der Waals surface area contributed by atoms with Gasteiger partial charge in [0.15, 0.2) is 0 Å². The van der Waals surface area contributed by atoms with Crippen LogP contribution in [0.5, 0.6) is 0 Å². The molecule has 0 saturated heterocycles. The number of carbonyl (C=O) groups excluding carboxylic acids is 1. The molecule has 0 bridgehead atoms. The Labute approximate surface area is 100.0 Å². The first-order chi connectivity index (χ1) is 6.59. The Hall–Kier alpha value is -1.31. The van der Waals surface area contributed by atoms with Crippen LogP contribution in [0.25, 0.3) is 0 Å². The van der Waals surface area contributed by atoms with Gasteiger partial charge in [0.25, 0.3) is 0 Å². The fourth-order valence-electron chi connectivity index (χ4n) is 0.805. The van der Waals surface area contributed by atoms with E-state index in [0.29, 0.717) is 5.69 Å². The summed E-state index contributed by atoms with van der Waals surface area (Å²) in [5, 5.41) is 19.6. The number of rotatable bonds is 3. The predicted molar refractivity (Wildman–Crippen MR) is 49.0 cm³/mol. The summed E-state index contributed by atoms with van der Waals surface area (Å²) < 4.78 is 0. The van der Waals surface area contributed by atoms with E-state index in [-0.39, 0.29) is 24.4 Å². The fourth-order valence-corrected chi connectivity index (χ4v) is 0.805. The number of aromatic carboxylic acids is 1. The van der Waals surface area contributed by atoms with E-state index in [9.17, 15) is 9.90 Å². The van der Waals surface area contributed by atoms with Crippen molar-refractivity contribution in [2.45, 2.75) is 0 Å².